The molecule has 0 atom stereocenters. The van der Waals surface area contributed by atoms with Crippen molar-refractivity contribution in [3.63, 3.8) is 0 Å². The molecular formula is C11H17NO2S. The molecule has 15 heavy (non-hydrogen) atoms. The third-order valence-corrected chi connectivity index (χ3v) is 2.93. The van der Waals surface area contributed by atoms with Gasteiger partial charge in [0, 0.05) is 17.5 Å². The van der Waals surface area contributed by atoms with Crippen molar-refractivity contribution in [2.75, 3.05) is 11.6 Å². The number of rotatable bonds is 2. The topological polar surface area (TPSA) is 46.2 Å². The van der Waals surface area contributed by atoms with Gasteiger partial charge >= 0.3 is 0 Å². The van der Waals surface area contributed by atoms with Crippen LogP contribution in [-0.4, -0.2) is 20.2 Å². The zero-order chi connectivity index (χ0) is 11.7. The maximum atomic E-state index is 11.2. The van der Waals surface area contributed by atoms with E-state index in [1.54, 1.807) is 24.3 Å². The minimum atomic E-state index is -3.09. The van der Waals surface area contributed by atoms with Gasteiger partial charge in [-0.05, 0) is 45.0 Å². The summed E-state index contributed by atoms with van der Waals surface area (Å²) in [6.07, 6.45) is 1.21. The Morgan fingerprint density at radius 2 is 1.53 bits per heavy atom. The van der Waals surface area contributed by atoms with Gasteiger partial charge in [0.1, 0.15) is 0 Å². The Hall–Kier alpha value is -1.03. The fourth-order valence-corrected chi connectivity index (χ4v) is 1.85. The number of sulfone groups is 1. The molecule has 0 amide bonds. The van der Waals surface area contributed by atoms with Crippen molar-refractivity contribution < 1.29 is 8.42 Å². The summed E-state index contributed by atoms with van der Waals surface area (Å²) in [7, 11) is -3.09. The zero-order valence-electron chi connectivity index (χ0n) is 9.53. The minimum Gasteiger partial charge on any atom is -0.380 e. The Morgan fingerprint density at radius 3 is 1.87 bits per heavy atom. The SMILES string of the molecule is CC(C)(C)Nc1ccc(S(C)(=O)=O)cc1. The molecule has 0 bridgehead atoms. The van der Waals surface area contributed by atoms with Crippen LogP contribution in [0.5, 0.6) is 0 Å². The van der Waals surface area contributed by atoms with Crippen LogP contribution < -0.4 is 5.32 Å². The molecular weight excluding hydrogens is 210 g/mol. The predicted octanol–water partition coefficient (Wildman–Crippen LogP) is 2.30. The molecule has 0 spiro atoms. The third kappa shape index (κ3) is 3.91. The molecule has 0 saturated heterocycles. The summed E-state index contributed by atoms with van der Waals surface area (Å²) < 4.78 is 22.4. The van der Waals surface area contributed by atoms with Gasteiger partial charge in [-0.1, -0.05) is 0 Å². The van der Waals surface area contributed by atoms with Crippen LogP contribution in [-0.2, 0) is 9.84 Å². The van der Waals surface area contributed by atoms with E-state index in [0.717, 1.165) is 5.69 Å². The Labute approximate surface area is 91.4 Å². The van der Waals surface area contributed by atoms with Gasteiger partial charge in [-0.2, -0.15) is 0 Å². The number of nitrogens with one attached hydrogen (secondary N) is 1. The van der Waals surface area contributed by atoms with Crippen LogP contribution >= 0.6 is 0 Å². The lowest BCUT2D eigenvalue weighted by atomic mass is 10.1. The predicted molar refractivity (Wildman–Crippen MR) is 62.9 cm³/mol. The molecule has 0 aliphatic rings. The summed E-state index contributed by atoms with van der Waals surface area (Å²) >= 11 is 0. The molecule has 1 aromatic rings. The van der Waals surface area contributed by atoms with Crippen molar-refractivity contribution in [2.45, 2.75) is 31.2 Å². The monoisotopic (exact) mass is 227 g/mol. The normalized spacial score (nSPS) is 12.5. The highest BCUT2D eigenvalue weighted by molar-refractivity contribution is 7.90. The number of hydrogen-bond donors (Lipinski definition) is 1. The summed E-state index contributed by atoms with van der Waals surface area (Å²) in [5.41, 5.74) is 0.905. The van der Waals surface area contributed by atoms with E-state index in [1.807, 2.05) is 0 Å². The second kappa shape index (κ2) is 3.85. The lowest BCUT2D eigenvalue weighted by Gasteiger charge is -2.22. The molecule has 0 heterocycles. The van der Waals surface area contributed by atoms with Gasteiger partial charge in [0.05, 0.1) is 4.90 Å². The number of benzene rings is 1. The second-order valence-electron chi connectivity index (χ2n) is 4.67. The van der Waals surface area contributed by atoms with Gasteiger partial charge in [-0.15, -0.1) is 0 Å². The van der Waals surface area contributed by atoms with Gasteiger partial charge in [-0.25, -0.2) is 8.42 Å². The fourth-order valence-electron chi connectivity index (χ4n) is 1.22. The van der Waals surface area contributed by atoms with Crippen molar-refractivity contribution in [3.8, 4) is 0 Å². The first-order valence-electron chi connectivity index (χ1n) is 4.77. The molecule has 1 rings (SSSR count). The van der Waals surface area contributed by atoms with E-state index in [2.05, 4.69) is 26.1 Å². The average Bonchev–Trinajstić information content (AvgIpc) is 2.00. The van der Waals surface area contributed by atoms with E-state index < -0.39 is 9.84 Å². The highest BCUT2D eigenvalue weighted by atomic mass is 32.2. The van der Waals surface area contributed by atoms with Crippen LogP contribution in [0.25, 0.3) is 0 Å². The Kier molecular flexibility index (Phi) is 3.09. The molecule has 3 nitrogen and oxygen atoms in total. The van der Waals surface area contributed by atoms with Crippen molar-refractivity contribution in [1.82, 2.24) is 0 Å². The van der Waals surface area contributed by atoms with Gasteiger partial charge < -0.3 is 5.32 Å². The molecule has 0 radical (unpaired) electrons. The number of anilines is 1. The lowest BCUT2D eigenvalue weighted by molar-refractivity contribution is 0.602. The van der Waals surface area contributed by atoms with Crippen LogP contribution in [0.15, 0.2) is 29.2 Å². The van der Waals surface area contributed by atoms with Gasteiger partial charge in [0.2, 0.25) is 0 Å². The van der Waals surface area contributed by atoms with E-state index in [0.29, 0.717) is 4.90 Å². The third-order valence-electron chi connectivity index (χ3n) is 1.80. The Morgan fingerprint density at radius 1 is 1.07 bits per heavy atom. The first-order chi connectivity index (χ1) is 6.68. The molecule has 84 valence electrons. The van der Waals surface area contributed by atoms with Gasteiger partial charge in [-0.3, -0.25) is 0 Å². The first-order valence-corrected chi connectivity index (χ1v) is 6.66. The largest absolute Gasteiger partial charge is 0.380 e. The molecule has 0 aliphatic carbocycles. The maximum Gasteiger partial charge on any atom is 0.175 e. The number of hydrogen-bond acceptors (Lipinski definition) is 3. The van der Waals surface area contributed by atoms with Gasteiger partial charge in [0.15, 0.2) is 9.84 Å². The summed E-state index contributed by atoms with van der Waals surface area (Å²) in [6.45, 7) is 6.16. The molecule has 0 aliphatic heterocycles. The van der Waals surface area contributed by atoms with Crippen LogP contribution in [0.4, 0.5) is 5.69 Å². The van der Waals surface area contributed by atoms with Crippen molar-refractivity contribution in [2.24, 2.45) is 0 Å². The molecule has 0 unspecified atom stereocenters. The van der Waals surface area contributed by atoms with Crippen LogP contribution in [0, 0.1) is 0 Å². The van der Waals surface area contributed by atoms with Crippen molar-refractivity contribution >= 4 is 15.5 Å². The summed E-state index contributed by atoms with van der Waals surface area (Å²) in [4.78, 5) is 0.349. The highest BCUT2D eigenvalue weighted by Crippen LogP contribution is 2.17. The molecule has 4 heteroatoms. The molecule has 1 aromatic carbocycles. The Balaban J connectivity index is 2.92. The van der Waals surface area contributed by atoms with E-state index >= 15 is 0 Å². The zero-order valence-corrected chi connectivity index (χ0v) is 10.4. The Bertz CT molecular complexity index is 427. The van der Waals surface area contributed by atoms with Crippen LogP contribution in [0.3, 0.4) is 0 Å². The van der Waals surface area contributed by atoms with E-state index in [9.17, 15) is 8.42 Å². The van der Waals surface area contributed by atoms with Gasteiger partial charge in [0.25, 0.3) is 0 Å². The fraction of sp³-hybridized carbons (Fsp3) is 0.455. The van der Waals surface area contributed by atoms with E-state index in [-0.39, 0.29) is 5.54 Å². The molecule has 1 N–H and O–H groups in total. The lowest BCUT2D eigenvalue weighted by Crippen LogP contribution is -2.25. The smallest absolute Gasteiger partial charge is 0.175 e. The quantitative estimate of drug-likeness (QED) is 0.843. The summed E-state index contributed by atoms with van der Waals surface area (Å²) in [6, 6.07) is 6.79. The molecule has 0 saturated carbocycles. The van der Waals surface area contributed by atoms with Crippen LogP contribution in [0.1, 0.15) is 20.8 Å². The van der Waals surface area contributed by atoms with E-state index in [1.165, 1.54) is 6.26 Å². The van der Waals surface area contributed by atoms with Crippen LogP contribution in [0.2, 0.25) is 0 Å². The first kappa shape index (κ1) is 12.0. The maximum absolute atomic E-state index is 11.2. The highest BCUT2D eigenvalue weighted by Gasteiger charge is 2.10. The molecule has 0 aromatic heterocycles. The molecule has 0 fully saturated rings. The second-order valence-corrected chi connectivity index (χ2v) is 6.69. The van der Waals surface area contributed by atoms with Crippen molar-refractivity contribution in [1.29, 1.82) is 0 Å². The minimum absolute atomic E-state index is 0.0212. The van der Waals surface area contributed by atoms with Crippen molar-refractivity contribution in [3.05, 3.63) is 24.3 Å². The standard InChI is InChI=1S/C11H17NO2S/c1-11(2,3)12-9-5-7-10(8-6-9)15(4,13)14/h5-8,12H,1-4H3. The summed E-state index contributed by atoms with van der Waals surface area (Å²) in [5.74, 6) is 0. The average molecular weight is 227 g/mol. The summed E-state index contributed by atoms with van der Waals surface area (Å²) in [5, 5.41) is 3.26. The van der Waals surface area contributed by atoms with E-state index in [4.69, 9.17) is 0 Å².